The number of rotatable bonds is 1. The van der Waals surface area contributed by atoms with Gasteiger partial charge >= 0.3 is 0 Å². The van der Waals surface area contributed by atoms with Crippen LogP contribution in [0.1, 0.15) is 47.0 Å². The zero-order valence-corrected chi connectivity index (χ0v) is 11.0. The second kappa shape index (κ2) is 4.15. The molecular weight excluding hydrogens is 200 g/mol. The summed E-state index contributed by atoms with van der Waals surface area (Å²) in [4.78, 5) is 0. The van der Waals surface area contributed by atoms with E-state index in [0.29, 0.717) is 11.3 Å². The van der Waals surface area contributed by atoms with Crippen LogP contribution in [0.4, 0.5) is 0 Å². The summed E-state index contributed by atoms with van der Waals surface area (Å²) in [7, 11) is 0. The summed E-state index contributed by atoms with van der Waals surface area (Å²) in [6.45, 7) is 10.5. The number of ether oxygens (including phenoxy) is 2. The number of hydrogen-bond donors (Lipinski definition) is 0. The van der Waals surface area contributed by atoms with E-state index in [1.807, 2.05) is 0 Å². The van der Waals surface area contributed by atoms with Crippen LogP contribution in [0.3, 0.4) is 0 Å². The van der Waals surface area contributed by atoms with Gasteiger partial charge in [0.1, 0.15) is 0 Å². The van der Waals surface area contributed by atoms with Crippen molar-refractivity contribution in [1.29, 1.82) is 0 Å². The summed E-state index contributed by atoms with van der Waals surface area (Å²) in [5.74, 6) is 0.0646. The Hall–Kier alpha value is -0.340. The maximum atomic E-state index is 5.92. The lowest BCUT2D eigenvalue weighted by atomic mass is 9.77. The van der Waals surface area contributed by atoms with Gasteiger partial charge < -0.3 is 9.47 Å². The lowest BCUT2D eigenvalue weighted by Gasteiger charge is -2.41. The highest BCUT2D eigenvalue weighted by atomic mass is 16.7. The highest BCUT2D eigenvalue weighted by molar-refractivity contribution is 5.19. The molecule has 1 heterocycles. The number of allylic oxidation sites excluding steroid dienone is 1. The average Bonchev–Trinajstić information content (AvgIpc) is 2.21. The Labute approximate surface area is 99.0 Å². The third kappa shape index (κ3) is 2.49. The predicted octanol–water partition coefficient (Wildman–Crippen LogP) is 3.52. The molecule has 1 fully saturated rings. The summed E-state index contributed by atoms with van der Waals surface area (Å²) in [5.41, 5.74) is 1.64. The van der Waals surface area contributed by atoms with Crippen LogP contribution in [0.15, 0.2) is 11.6 Å². The van der Waals surface area contributed by atoms with Gasteiger partial charge in [-0.25, -0.2) is 0 Å². The molecule has 0 spiro atoms. The molecule has 2 rings (SSSR count). The third-order valence-corrected chi connectivity index (χ3v) is 3.70. The molecule has 0 aromatic rings. The Morgan fingerprint density at radius 2 is 1.81 bits per heavy atom. The first-order chi connectivity index (χ1) is 7.41. The first-order valence-electron chi connectivity index (χ1n) is 6.41. The maximum Gasteiger partial charge on any atom is 0.187 e. The molecule has 1 saturated heterocycles. The standard InChI is InChI=1S/C14H24O2/c1-11-9-15-14(4,16-10-11)12-6-5-7-13(2,3)8-12/h8,11H,5-7,9-10H2,1-4H3. The molecule has 0 N–H and O–H groups in total. The minimum atomic E-state index is -0.454. The van der Waals surface area contributed by atoms with Crippen molar-refractivity contribution in [1.82, 2.24) is 0 Å². The Balaban J connectivity index is 2.14. The van der Waals surface area contributed by atoms with Gasteiger partial charge in [-0.15, -0.1) is 0 Å². The molecule has 2 heteroatoms. The third-order valence-electron chi connectivity index (χ3n) is 3.70. The molecule has 2 nitrogen and oxygen atoms in total. The smallest absolute Gasteiger partial charge is 0.187 e. The molecule has 1 aliphatic carbocycles. The van der Waals surface area contributed by atoms with Crippen LogP contribution in [-0.4, -0.2) is 19.0 Å². The first-order valence-corrected chi connectivity index (χ1v) is 6.41. The highest BCUT2D eigenvalue weighted by Gasteiger charge is 2.37. The van der Waals surface area contributed by atoms with Gasteiger partial charge in [-0.05, 0) is 37.2 Å². The monoisotopic (exact) mass is 224 g/mol. The van der Waals surface area contributed by atoms with Crippen molar-refractivity contribution in [2.45, 2.75) is 52.7 Å². The topological polar surface area (TPSA) is 18.5 Å². The number of hydrogen-bond acceptors (Lipinski definition) is 2. The van der Waals surface area contributed by atoms with E-state index in [1.165, 1.54) is 18.4 Å². The van der Waals surface area contributed by atoms with E-state index in [-0.39, 0.29) is 0 Å². The van der Waals surface area contributed by atoms with E-state index in [9.17, 15) is 0 Å². The van der Waals surface area contributed by atoms with E-state index >= 15 is 0 Å². The van der Waals surface area contributed by atoms with Crippen LogP contribution < -0.4 is 0 Å². The first kappa shape index (κ1) is 12.1. The summed E-state index contributed by atoms with van der Waals surface area (Å²) >= 11 is 0. The molecule has 1 aliphatic heterocycles. The van der Waals surface area contributed by atoms with E-state index in [0.717, 1.165) is 19.6 Å². The fourth-order valence-electron chi connectivity index (χ4n) is 2.59. The predicted molar refractivity (Wildman–Crippen MR) is 65.2 cm³/mol. The Bertz CT molecular complexity index is 283. The molecule has 92 valence electrons. The maximum absolute atomic E-state index is 5.92. The van der Waals surface area contributed by atoms with Gasteiger partial charge in [0.05, 0.1) is 13.2 Å². The van der Waals surface area contributed by atoms with Gasteiger partial charge in [-0.2, -0.15) is 0 Å². The van der Waals surface area contributed by atoms with Crippen LogP contribution in [0.2, 0.25) is 0 Å². The van der Waals surface area contributed by atoms with E-state index in [4.69, 9.17) is 9.47 Å². The lowest BCUT2D eigenvalue weighted by Crippen LogP contribution is -2.43. The van der Waals surface area contributed by atoms with Crippen molar-refractivity contribution in [3.8, 4) is 0 Å². The van der Waals surface area contributed by atoms with Gasteiger partial charge in [0, 0.05) is 5.92 Å². The summed E-state index contributed by atoms with van der Waals surface area (Å²) in [6.07, 6.45) is 6.00. The summed E-state index contributed by atoms with van der Waals surface area (Å²) in [6, 6.07) is 0. The second-order valence-electron chi connectivity index (χ2n) is 6.18. The molecule has 0 amide bonds. The van der Waals surface area contributed by atoms with Crippen LogP contribution in [-0.2, 0) is 9.47 Å². The Morgan fingerprint density at radius 3 is 2.38 bits per heavy atom. The molecule has 0 saturated carbocycles. The Morgan fingerprint density at radius 1 is 1.19 bits per heavy atom. The summed E-state index contributed by atoms with van der Waals surface area (Å²) < 4.78 is 11.8. The van der Waals surface area contributed by atoms with Crippen molar-refractivity contribution in [2.75, 3.05) is 13.2 Å². The van der Waals surface area contributed by atoms with Crippen LogP contribution in [0, 0.1) is 11.3 Å². The van der Waals surface area contributed by atoms with Crippen LogP contribution in [0.5, 0.6) is 0 Å². The summed E-state index contributed by atoms with van der Waals surface area (Å²) in [5, 5.41) is 0. The molecule has 0 atom stereocenters. The average molecular weight is 224 g/mol. The van der Waals surface area contributed by atoms with Crippen LogP contribution in [0.25, 0.3) is 0 Å². The minimum Gasteiger partial charge on any atom is -0.346 e. The minimum absolute atomic E-state index is 0.298. The van der Waals surface area contributed by atoms with E-state index < -0.39 is 5.79 Å². The largest absolute Gasteiger partial charge is 0.346 e. The van der Waals surface area contributed by atoms with Gasteiger partial charge in [-0.3, -0.25) is 0 Å². The van der Waals surface area contributed by atoms with Crippen molar-refractivity contribution in [3.05, 3.63) is 11.6 Å². The fourth-order valence-corrected chi connectivity index (χ4v) is 2.59. The van der Waals surface area contributed by atoms with Gasteiger partial charge in [0.25, 0.3) is 0 Å². The zero-order chi connectivity index (χ0) is 11.8. The van der Waals surface area contributed by atoms with Crippen molar-refractivity contribution in [2.24, 2.45) is 11.3 Å². The SMILES string of the molecule is CC1COC(C)(C2=CC(C)(C)CCC2)OC1. The molecule has 0 bridgehead atoms. The molecular formula is C14H24O2. The van der Waals surface area contributed by atoms with Gasteiger partial charge in [0.15, 0.2) is 5.79 Å². The molecule has 0 radical (unpaired) electrons. The zero-order valence-electron chi connectivity index (χ0n) is 11.0. The lowest BCUT2D eigenvalue weighted by molar-refractivity contribution is -0.250. The van der Waals surface area contributed by atoms with Gasteiger partial charge in [0.2, 0.25) is 0 Å². The second-order valence-corrected chi connectivity index (χ2v) is 6.18. The quantitative estimate of drug-likeness (QED) is 0.634. The molecule has 16 heavy (non-hydrogen) atoms. The normalized spacial score (nSPS) is 39.2. The Kier molecular flexibility index (Phi) is 3.15. The van der Waals surface area contributed by atoms with Crippen molar-refractivity contribution >= 4 is 0 Å². The van der Waals surface area contributed by atoms with Crippen molar-refractivity contribution in [3.63, 3.8) is 0 Å². The molecule has 0 aromatic carbocycles. The van der Waals surface area contributed by atoms with E-state index in [2.05, 4.69) is 33.8 Å². The van der Waals surface area contributed by atoms with Crippen LogP contribution >= 0.6 is 0 Å². The molecule has 0 aromatic heterocycles. The highest BCUT2D eigenvalue weighted by Crippen LogP contribution is 2.40. The fraction of sp³-hybridized carbons (Fsp3) is 0.857. The van der Waals surface area contributed by atoms with E-state index in [1.54, 1.807) is 0 Å². The van der Waals surface area contributed by atoms with Gasteiger partial charge in [-0.1, -0.05) is 26.8 Å². The molecule has 2 aliphatic rings. The van der Waals surface area contributed by atoms with Crippen molar-refractivity contribution < 1.29 is 9.47 Å². The molecule has 0 unspecified atom stereocenters.